The van der Waals surface area contributed by atoms with E-state index in [9.17, 15) is 0 Å². The third kappa shape index (κ3) is 3.32. The average Bonchev–Trinajstić information content (AvgIpc) is 2.30. The van der Waals surface area contributed by atoms with Crippen molar-refractivity contribution in [1.29, 1.82) is 0 Å². The fraction of sp³-hybridized carbons (Fsp3) is 0.600. The molecule has 4 nitrogen and oxygen atoms in total. The Morgan fingerprint density at radius 3 is 3.00 bits per heavy atom. The average molecular weight is 229 g/mol. The maximum absolute atomic E-state index is 5.61. The number of rotatable bonds is 3. The van der Waals surface area contributed by atoms with Gasteiger partial charge in [0.05, 0.1) is 6.10 Å². The van der Waals surface area contributed by atoms with Crippen molar-refractivity contribution in [2.24, 2.45) is 0 Å². The summed E-state index contributed by atoms with van der Waals surface area (Å²) in [4.78, 5) is 0. The summed E-state index contributed by atoms with van der Waals surface area (Å²) in [7, 11) is 0. The Morgan fingerprint density at radius 1 is 1.40 bits per heavy atom. The van der Waals surface area contributed by atoms with Crippen LogP contribution in [0.1, 0.15) is 19.3 Å². The highest BCUT2D eigenvalue weighted by atomic mass is 35.5. The van der Waals surface area contributed by atoms with Gasteiger partial charge < -0.3 is 9.47 Å². The molecule has 15 heavy (non-hydrogen) atoms. The van der Waals surface area contributed by atoms with E-state index in [1.807, 2.05) is 0 Å². The monoisotopic (exact) mass is 228 g/mol. The molecule has 0 unspecified atom stereocenters. The zero-order valence-corrected chi connectivity index (χ0v) is 9.11. The van der Waals surface area contributed by atoms with Crippen molar-refractivity contribution in [2.45, 2.75) is 25.4 Å². The first-order chi connectivity index (χ1) is 7.34. The van der Waals surface area contributed by atoms with Gasteiger partial charge in [0, 0.05) is 12.7 Å². The molecule has 5 heteroatoms. The lowest BCUT2D eigenvalue weighted by molar-refractivity contribution is -0.0121. The van der Waals surface area contributed by atoms with E-state index in [0.717, 1.165) is 19.4 Å². The minimum Gasteiger partial charge on any atom is -0.474 e. The van der Waals surface area contributed by atoms with Gasteiger partial charge in [0.2, 0.25) is 5.88 Å². The van der Waals surface area contributed by atoms with Crippen LogP contribution in [-0.4, -0.2) is 29.5 Å². The summed E-state index contributed by atoms with van der Waals surface area (Å²) in [5, 5.41) is 7.87. The first-order valence-corrected chi connectivity index (χ1v) is 5.46. The number of aromatic nitrogens is 2. The van der Waals surface area contributed by atoms with Crippen LogP contribution in [-0.2, 0) is 4.74 Å². The molecular formula is C10H13ClN2O2. The molecule has 0 radical (unpaired) electrons. The lowest BCUT2D eigenvalue weighted by Crippen LogP contribution is -2.26. The minimum atomic E-state index is 0.191. The topological polar surface area (TPSA) is 44.2 Å². The fourth-order valence-corrected chi connectivity index (χ4v) is 1.60. The summed E-state index contributed by atoms with van der Waals surface area (Å²) < 4.78 is 11.0. The molecule has 1 aromatic heterocycles. The lowest BCUT2D eigenvalue weighted by Gasteiger charge is -2.22. The SMILES string of the molecule is Clc1ccc(OC[C@@H]2CCCCO2)nn1. The van der Waals surface area contributed by atoms with Gasteiger partial charge in [-0.15, -0.1) is 10.2 Å². The minimum absolute atomic E-state index is 0.191. The van der Waals surface area contributed by atoms with Crippen molar-refractivity contribution in [3.63, 3.8) is 0 Å². The molecule has 1 aliphatic heterocycles. The summed E-state index contributed by atoms with van der Waals surface area (Å²) in [6.45, 7) is 1.37. The van der Waals surface area contributed by atoms with Crippen molar-refractivity contribution >= 4 is 11.6 Å². The second-order valence-electron chi connectivity index (χ2n) is 3.49. The third-order valence-corrected chi connectivity index (χ3v) is 2.50. The standard InChI is InChI=1S/C10H13ClN2O2/c11-9-4-5-10(13-12-9)15-7-8-3-1-2-6-14-8/h4-5,8H,1-3,6-7H2/t8-/m0/s1. The fourth-order valence-electron chi connectivity index (χ4n) is 1.50. The highest BCUT2D eigenvalue weighted by Crippen LogP contribution is 2.14. The lowest BCUT2D eigenvalue weighted by atomic mass is 10.1. The van der Waals surface area contributed by atoms with Gasteiger partial charge in [0.15, 0.2) is 5.15 Å². The van der Waals surface area contributed by atoms with Crippen molar-refractivity contribution in [3.05, 3.63) is 17.3 Å². The maximum atomic E-state index is 5.61. The molecule has 1 saturated heterocycles. The predicted octanol–water partition coefficient (Wildman–Crippen LogP) is 2.08. The van der Waals surface area contributed by atoms with E-state index in [2.05, 4.69) is 10.2 Å². The van der Waals surface area contributed by atoms with Gasteiger partial charge in [-0.25, -0.2) is 0 Å². The Morgan fingerprint density at radius 2 is 2.33 bits per heavy atom. The molecule has 0 saturated carbocycles. The van der Waals surface area contributed by atoms with Gasteiger partial charge in [-0.2, -0.15) is 0 Å². The quantitative estimate of drug-likeness (QED) is 0.795. The Balaban J connectivity index is 1.79. The first kappa shape index (κ1) is 10.6. The van der Waals surface area contributed by atoms with E-state index in [4.69, 9.17) is 21.1 Å². The van der Waals surface area contributed by atoms with Gasteiger partial charge in [-0.3, -0.25) is 0 Å². The smallest absolute Gasteiger partial charge is 0.233 e. The van der Waals surface area contributed by atoms with Crippen LogP contribution in [0.5, 0.6) is 5.88 Å². The molecule has 0 spiro atoms. The van der Waals surface area contributed by atoms with E-state index in [0.29, 0.717) is 17.6 Å². The van der Waals surface area contributed by atoms with Crippen molar-refractivity contribution in [2.75, 3.05) is 13.2 Å². The molecule has 2 heterocycles. The van der Waals surface area contributed by atoms with Gasteiger partial charge in [0.25, 0.3) is 0 Å². The largest absolute Gasteiger partial charge is 0.474 e. The number of ether oxygens (including phenoxy) is 2. The molecule has 1 aromatic rings. The normalized spacial score (nSPS) is 21.3. The van der Waals surface area contributed by atoms with Gasteiger partial charge in [-0.1, -0.05) is 11.6 Å². The Hall–Kier alpha value is -0.870. The van der Waals surface area contributed by atoms with E-state index in [1.54, 1.807) is 12.1 Å². The zero-order valence-electron chi connectivity index (χ0n) is 8.36. The second-order valence-corrected chi connectivity index (χ2v) is 3.88. The first-order valence-electron chi connectivity index (χ1n) is 5.08. The molecular weight excluding hydrogens is 216 g/mol. The molecule has 1 atom stereocenters. The molecule has 0 aliphatic carbocycles. The summed E-state index contributed by atoms with van der Waals surface area (Å²) >= 11 is 5.61. The predicted molar refractivity (Wildman–Crippen MR) is 56.1 cm³/mol. The number of hydrogen-bond donors (Lipinski definition) is 0. The van der Waals surface area contributed by atoms with Crippen LogP contribution >= 0.6 is 11.6 Å². The molecule has 0 amide bonds. The van der Waals surface area contributed by atoms with E-state index < -0.39 is 0 Å². The van der Waals surface area contributed by atoms with Crippen LogP contribution in [0.4, 0.5) is 0 Å². The van der Waals surface area contributed by atoms with E-state index in [1.165, 1.54) is 6.42 Å². The zero-order chi connectivity index (χ0) is 10.5. The van der Waals surface area contributed by atoms with Crippen molar-refractivity contribution in [3.8, 4) is 5.88 Å². The second kappa shape index (κ2) is 5.28. The Kier molecular flexibility index (Phi) is 3.75. The van der Waals surface area contributed by atoms with Gasteiger partial charge in [-0.05, 0) is 25.3 Å². The van der Waals surface area contributed by atoms with Crippen LogP contribution in [0.2, 0.25) is 5.15 Å². The summed E-state index contributed by atoms with van der Waals surface area (Å²) in [5.74, 6) is 0.494. The van der Waals surface area contributed by atoms with Crippen LogP contribution in [0.15, 0.2) is 12.1 Å². The van der Waals surface area contributed by atoms with Gasteiger partial charge >= 0.3 is 0 Å². The van der Waals surface area contributed by atoms with Crippen molar-refractivity contribution < 1.29 is 9.47 Å². The highest BCUT2D eigenvalue weighted by molar-refractivity contribution is 6.29. The van der Waals surface area contributed by atoms with Gasteiger partial charge in [0.1, 0.15) is 6.61 Å². The highest BCUT2D eigenvalue weighted by Gasteiger charge is 2.14. The Bertz CT molecular complexity index is 299. The number of nitrogens with zero attached hydrogens (tertiary/aromatic N) is 2. The van der Waals surface area contributed by atoms with Crippen molar-refractivity contribution in [1.82, 2.24) is 10.2 Å². The molecule has 2 rings (SSSR count). The third-order valence-electron chi connectivity index (χ3n) is 2.30. The Labute approximate surface area is 93.6 Å². The van der Waals surface area contributed by atoms with Crippen LogP contribution in [0.25, 0.3) is 0 Å². The molecule has 0 bridgehead atoms. The maximum Gasteiger partial charge on any atom is 0.233 e. The summed E-state index contributed by atoms with van der Waals surface area (Å²) in [6, 6.07) is 3.36. The molecule has 0 N–H and O–H groups in total. The summed E-state index contributed by atoms with van der Waals surface area (Å²) in [6.07, 6.45) is 3.61. The van der Waals surface area contributed by atoms with E-state index in [-0.39, 0.29) is 6.10 Å². The van der Waals surface area contributed by atoms with E-state index >= 15 is 0 Å². The molecule has 1 fully saturated rings. The number of halogens is 1. The van der Waals surface area contributed by atoms with Crippen LogP contribution in [0, 0.1) is 0 Å². The van der Waals surface area contributed by atoms with Crippen LogP contribution < -0.4 is 4.74 Å². The summed E-state index contributed by atoms with van der Waals surface area (Å²) in [5.41, 5.74) is 0. The van der Waals surface area contributed by atoms with Crippen LogP contribution in [0.3, 0.4) is 0 Å². The molecule has 0 aromatic carbocycles. The molecule has 82 valence electrons. The molecule has 1 aliphatic rings. The number of hydrogen-bond acceptors (Lipinski definition) is 4.